The number of amides is 1. The maximum atomic E-state index is 11.5. The quantitative estimate of drug-likeness (QED) is 0.857. The van der Waals surface area contributed by atoms with Gasteiger partial charge in [-0.1, -0.05) is 22.9 Å². The summed E-state index contributed by atoms with van der Waals surface area (Å²) in [6, 6.07) is 0. The van der Waals surface area contributed by atoms with Gasteiger partial charge in [-0.15, -0.1) is 11.3 Å². The zero-order valence-corrected chi connectivity index (χ0v) is 10.6. The molecule has 1 amide bonds. The molecule has 0 saturated heterocycles. The molecule has 0 aliphatic rings. The van der Waals surface area contributed by atoms with Crippen molar-refractivity contribution in [1.29, 1.82) is 0 Å². The second-order valence-electron chi connectivity index (χ2n) is 3.21. The Morgan fingerprint density at radius 1 is 1.79 bits per heavy atom. The molecule has 78 valence electrons. The van der Waals surface area contributed by atoms with Gasteiger partial charge in [-0.25, -0.2) is 4.98 Å². The van der Waals surface area contributed by atoms with Crippen molar-refractivity contribution in [3.63, 3.8) is 0 Å². The molecule has 0 aliphatic carbocycles. The summed E-state index contributed by atoms with van der Waals surface area (Å²) in [5, 5.41) is 4.68. The van der Waals surface area contributed by atoms with Crippen LogP contribution in [0.5, 0.6) is 0 Å². The van der Waals surface area contributed by atoms with Gasteiger partial charge in [0.2, 0.25) is 0 Å². The predicted molar refractivity (Wildman–Crippen MR) is 62.1 cm³/mol. The van der Waals surface area contributed by atoms with Gasteiger partial charge >= 0.3 is 0 Å². The van der Waals surface area contributed by atoms with Crippen molar-refractivity contribution in [1.82, 2.24) is 10.3 Å². The summed E-state index contributed by atoms with van der Waals surface area (Å²) in [5.41, 5.74) is 0. The van der Waals surface area contributed by atoms with Crippen molar-refractivity contribution in [3.05, 3.63) is 16.1 Å². The molecule has 1 atom stereocenters. The number of rotatable bonds is 4. The van der Waals surface area contributed by atoms with Gasteiger partial charge in [0.25, 0.3) is 5.91 Å². The van der Waals surface area contributed by atoms with Crippen LogP contribution < -0.4 is 5.32 Å². The van der Waals surface area contributed by atoms with E-state index in [4.69, 9.17) is 0 Å². The Hall–Kier alpha value is -0.420. The number of hydrogen-bond donors (Lipinski definition) is 1. The fourth-order valence-corrected chi connectivity index (χ4v) is 1.80. The monoisotopic (exact) mass is 276 g/mol. The lowest BCUT2D eigenvalue weighted by molar-refractivity contribution is 0.0953. The first kappa shape index (κ1) is 11.7. The van der Waals surface area contributed by atoms with E-state index in [0.29, 0.717) is 17.3 Å². The number of carbonyl (C=O) groups excluding carboxylic acids is 1. The normalized spacial score (nSPS) is 12.5. The van der Waals surface area contributed by atoms with Crippen LogP contribution in [0.2, 0.25) is 0 Å². The van der Waals surface area contributed by atoms with Gasteiger partial charge in [0.1, 0.15) is 4.88 Å². The van der Waals surface area contributed by atoms with E-state index in [0.717, 1.165) is 10.3 Å². The summed E-state index contributed by atoms with van der Waals surface area (Å²) in [6.45, 7) is 4.66. The van der Waals surface area contributed by atoms with Crippen LogP contribution in [0, 0.1) is 12.8 Å². The van der Waals surface area contributed by atoms with Gasteiger partial charge in [0.15, 0.2) is 0 Å². The molecule has 1 N–H and O–H groups in total. The van der Waals surface area contributed by atoms with Crippen LogP contribution >= 0.6 is 27.3 Å². The summed E-state index contributed by atoms with van der Waals surface area (Å²) in [5.74, 6) is 0.427. The number of carbonyl (C=O) groups is 1. The van der Waals surface area contributed by atoms with Crippen molar-refractivity contribution in [2.24, 2.45) is 5.92 Å². The standard InChI is InChI=1S/C9H13BrN2OS/c1-6(3-10)4-12-9(13)8-5-11-7(2)14-8/h5-6H,3-4H2,1-2H3,(H,12,13). The van der Waals surface area contributed by atoms with E-state index in [2.05, 4.69) is 33.2 Å². The predicted octanol–water partition coefficient (Wildman–Crippen LogP) is 2.21. The minimum atomic E-state index is -0.0246. The van der Waals surface area contributed by atoms with E-state index in [-0.39, 0.29) is 5.91 Å². The minimum Gasteiger partial charge on any atom is -0.351 e. The van der Waals surface area contributed by atoms with Crippen LogP contribution in [0.3, 0.4) is 0 Å². The SMILES string of the molecule is Cc1ncc(C(=O)NCC(C)CBr)s1. The van der Waals surface area contributed by atoms with Crippen LogP contribution in [-0.4, -0.2) is 22.8 Å². The summed E-state index contributed by atoms with van der Waals surface area (Å²) in [6.07, 6.45) is 1.62. The van der Waals surface area contributed by atoms with Crippen molar-refractivity contribution in [2.75, 3.05) is 11.9 Å². The number of aryl methyl sites for hydroxylation is 1. The number of halogens is 1. The molecular weight excluding hydrogens is 264 g/mol. The van der Waals surface area contributed by atoms with Crippen LogP contribution in [0.4, 0.5) is 0 Å². The van der Waals surface area contributed by atoms with E-state index in [1.165, 1.54) is 11.3 Å². The molecular formula is C9H13BrN2OS. The third kappa shape index (κ3) is 3.38. The molecule has 1 unspecified atom stereocenters. The molecule has 0 fully saturated rings. The van der Waals surface area contributed by atoms with Crippen molar-refractivity contribution < 1.29 is 4.79 Å². The minimum absolute atomic E-state index is 0.0246. The third-order valence-corrected chi connectivity index (χ3v) is 3.74. The Morgan fingerprint density at radius 3 is 3.00 bits per heavy atom. The highest BCUT2D eigenvalue weighted by Crippen LogP contribution is 2.11. The second kappa shape index (κ2) is 5.46. The van der Waals surface area contributed by atoms with Gasteiger partial charge in [0, 0.05) is 11.9 Å². The molecule has 0 bridgehead atoms. The Bertz CT molecular complexity index is 314. The molecule has 1 aromatic heterocycles. The summed E-state index contributed by atoms with van der Waals surface area (Å²) >= 11 is 4.78. The highest BCUT2D eigenvalue weighted by Gasteiger charge is 2.09. The highest BCUT2D eigenvalue weighted by molar-refractivity contribution is 9.09. The van der Waals surface area contributed by atoms with E-state index in [9.17, 15) is 4.79 Å². The third-order valence-electron chi connectivity index (χ3n) is 1.72. The number of hydrogen-bond acceptors (Lipinski definition) is 3. The van der Waals surface area contributed by atoms with Crippen molar-refractivity contribution in [3.8, 4) is 0 Å². The Kier molecular flexibility index (Phi) is 4.54. The maximum absolute atomic E-state index is 11.5. The van der Waals surface area contributed by atoms with Gasteiger partial charge < -0.3 is 5.32 Å². The zero-order chi connectivity index (χ0) is 10.6. The van der Waals surface area contributed by atoms with Gasteiger partial charge in [-0.2, -0.15) is 0 Å². The van der Waals surface area contributed by atoms with Crippen LogP contribution in [0.1, 0.15) is 21.6 Å². The summed E-state index contributed by atoms with van der Waals surface area (Å²) in [7, 11) is 0. The Labute approximate surface area is 96.1 Å². The van der Waals surface area contributed by atoms with E-state index in [1.807, 2.05) is 6.92 Å². The number of nitrogens with zero attached hydrogens (tertiary/aromatic N) is 1. The molecule has 5 heteroatoms. The lowest BCUT2D eigenvalue weighted by Crippen LogP contribution is -2.28. The number of alkyl halides is 1. The highest BCUT2D eigenvalue weighted by atomic mass is 79.9. The largest absolute Gasteiger partial charge is 0.351 e. The number of aromatic nitrogens is 1. The average Bonchev–Trinajstić information content (AvgIpc) is 2.60. The topological polar surface area (TPSA) is 42.0 Å². The Morgan fingerprint density at radius 2 is 2.50 bits per heavy atom. The van der Waals surface area contributed by atoms with Crippen LogP contribution in [0.25, 0.3) is 0 Å². The summed E-state index contributed by atoms with van der Waals surface area (Å²) < 4.78 is 0. The molecule has 0 radical (unpaired) electrons. The molecule has 1 rings (SSSR count). The average molecular weight is 277 g/mol. The second-order valence-corrected chi connectivity index (χ2v) is 5.10. The van der Waals surface area contributed by atoms with Crippen molar-refractivity contribution >= 4 is 33.2 Å². The van der Waals surface area contributed by atoms with E-state index < -0.39 is 0 Å². The summed E-state index contributed by atoms with van der Waals surface area (Å²) in [4.78, 5) is 16.2. The molecule has 3 nitrogen and oxygen atoms in total. The number of thiazole rings is 1. The first-order valence-corrected chi connectivity index (χ1v) is 6.34. The van der Waals surface area contributed by atoms with Gasteiger partial charge in [0.05, 0.1) is 11.2 Å². The molecule has 1 heterocycles. The molecule has 1 aromatic rings. The smallest absolute Gasteiger partial charge is 0.263 e. The van der Waals surface area contributed by atoms with E-state index >= 15 is 0 Å². The number of nitrogens with one attached hydrogen (secondary N) is 1. The molecule has 0 saturated carbocycles. The first-order valence-electron chi connectivity index (χ1n) is 4.40. The molecule has 0 spiro atoms. The van der Waals surface area contributed by atoms with Crippen LogP contribution in [-0.2, 0) is 0 Å². The van der Waals surface area contributed by atoms with Gasteiger partial charge in [-0.3, -0.25) is 4.79 Å². The van der Waals surface area contributed by atoms with Gasteiger partial charge in [-0.05, 0) is 12.8 Å². The lowest BCUT2D eigenvalue weighted by Gasteiger charge is -2.07. The lowest BCUT2D eigenvalue weighted by atomic mass is 10.2. The first-order chi connectivity index (χ1) is 6.63. The Balaban J connectivity index is 2.43. The maximum Gasteiger partial charge on any atom is 0.263 e. The zero-order valence-electron chi connectivity index (χ0n) is 8.21. The molecule has 0 aromatic carbocycles. The fourth-order valence-electron chi connectivity index (χ4n) is 0.875. The van der Waals surface area contributed by atoms with E-state index in [1.54, 1.807) is 6.20 Å². The molecule has 14 heavy (non-hydrogen) atoms. The van der Waals surface area contributed by atoms with Crippen LogP contribution in [0.15, 0.2) is 6.20 Å². The fraction of sp³-hybridized carbons (Fsp3) is 0.556. The molecule has 0 aliphatic heterocycles. The van der Waals surface area contributed by atoms with Crippen molar-refractivity contribution in [2.45, 2.75) is 13.8 Å².